The summed E-state index contributed by atoms with van der Waals surface area (Å²) in [6, 6.07) is 2.25. The van der Waals surface area contributed by atoms with Gasteiger partial charge in [-0.05, 0) is 52.1 Å². The van der Waals surface area contributed by atoms with Crippen LogP contribution in [-0.2, 0) is 13.0 Å². The average Bonchev–Trinajstić information content (AvgIpc) is 2.82. The van der Waals surface area contributed by atoms with Gasteiger partial charge in [0.25, 0.3) is 11.5 Å². The van der Waals surface area contributed by atoms with Gasteiger partial charge in [0.1, 0.15) is 6.33 Å². The predicted octanol–water partition coefficient (Wildman–Crippen LogP) is 3.03. The summed E-state index contributed by atoms with van der Waals surface area (Å²) in [6.07, 6.45) is 15.0. The van der Waals surface area contributed by atoms with Crippen LogP contribution in [-0.4, -0.2) is 51.5 Å². The Morgan fingerprint density at radius 1 is 1.16 bits per heavy atom. The number of hydrogen-bond acceptors (Lipinski definition) is 5. The van der Waals surface area contributed by atoms with Crippen LogP contribution in [0, 0.1) is 0 Å². The molecule has 2 aromatic heterocycles. The maximum atomic E-state index is 13.3. The first kappa shape index (κ1) is 21.7. The third-order valence-corrected chi connectivity index (χ3v) is 6.73. The van der Waals surface area contributed by atoms with Crippen molar-refractivity contribution in [3.63, 3.8) is 0 Å². The lowest BCUT2D eigenvalue weighted by Crippen LogP contribution is -2.36. The quantitative estimate of drug-likeness (QED) is 0.693. The van der Waals surface area contributed by atoms with E-state index in [4.69, 9.17) is 0 Å². The molecule has 0 radical (unpaired) electrons. The van der Waals surface area contributed by atoms with E-state index in [1.54, 1.807) is 23.0 Å². The van der Waals surface area contributed by atoms with Gasteiger partial charge in [-0.2, -0.15) is 0 Å². The van der Waals surface area contributed by atoms with Crippen LogP contribution in [0.3, 0.4) is 0 Å². The molecule has 0 spiro atoms. The molecule has 31 heavy (non-hydrogen) atoms. The summed E-state index contributed by atoms with van der Waals surface area (Å²) >= 11 is 0. The zero-order valence-corrected chi connectivity index (χ0v) is 18.5. The molecule has 0 unspecified atom stereocenters. The first-order chi connectivity index (χ1) is 15.1. The van der Waals surface area contributed by atoms with Crippen molar-refractivity contribution >= 4 is 5.91 Å². The fraction of sp³-hybridized carbons (Fsp3) is 0.583. The van der Waals surface area contributed by atoms with E-state index in [9.17, 15) is 9.59 Å². The molecule has 0 atom stereocenters. The predicted molar refractivity (Wildman–Crippen MR) is 121 cm³/mol. The van der Waals surface area contributed by atoms with Crippen LogP contribution in [0.1, 0.15) is 67.4 Å². The minimum absolute atomic E-state index is 0.0563. The molecular weight excluding hydrogens is 390 g/mol. The zero-order valence-electron chi connectivity index (χ0n) is 18.5. The highest BCUT2D eigenvalue weighted by Crippen LogP contribution is 2.27. The number of carbonyl (C=O) groups is 1. The summed E-state index contributed by atoms with van der Waals surface area (Å²) in [5.41, 5.74) is 2.73. The number of fused-ring (bicyclic) bond motifs is 1. The summed E-state index contributed by atoms with van der Waals surface area (Å²) in [4.78, 5) is 36.6. The van der Waals surface area contributed by atoms with E-state index in [0.717, 1.165) is 37.9 Å². The molecule has 1 fully saturated rings. The lowest BCUT2D eigenvalue weighted by atomic mass is 9.94. The molecule has 1 aliphatic heterocycles. The number of carbonyl (C=O) groups excluding carboxylic acids is 1. The fourth-order valence-electron chi connectivity index (χ4n) is 5.01. The largest absolute Gasteiger partial charge is 0.352 e. The standard InChI is InChI=1S/C24H33N5O2/c1-28(19-8-3-2-4-9-19)12-7-11-27-24(31)23-20(18-15-25-17-26-16-18)14-22(30)29-13-6-5-10-21(23)29/h14-17,19H,2-13H2,1H3,(H,27,31). The van der Waals surface area contributed by atoms with Gasteiger partial charge in [0.2, 0.25) is 0 Å². The first-order valence-corrected chi connectivity index (χ1v) is 11.7. The number of nitrogens with one attached hydrogen (secondary N) is 1. The Morgan fingerprint density at radius 2 is 1.94 bits per heavy atom. The lowest BCUT2D eigenvalue weighted by molar-refractivity contribution is 0.0948. The van der Waals surface area contributed by atoms with Gasteiger partial charge >= 0.3 is 0 Å². The van der Waals surface area contributed by atoms with Crippen molar-refractivity contribution in [2.75, 3.05) is 20.1 Å². The molecule has 7 heteroatoms. The molecular formula is C24H33N5O2. The molecule has 0 aromatic carbocycles. The topological polar surface area (TPSA) is 80.1 Å². The normalized spacial score (nSPS) is 16.8. The van der Waals surface area contributed by atoms with Crippen LogP contribution in [0.25, 0.3) is 11.1 Å². The summed E-state index contributed by atoms with van der Waals surface area (Å²) < 4.78 is 1.77. The summed E-state index contributed by atoms with van der Waals surface area (Å²) in [6.45, 7) is 2.28. The van der Waals surface area contributed by atoms with Crippen molar-refractivity contribution in [2.24, 2.45) is 0 Å². The van der Waals surface area contributed by atoms with E-state index >= 15 is 0 Å². The molecule has 2 aliphatic rings. The van der Waals surface area contributed by atoms with E-state index in [1.807, 2.05) is 0 Å². The van der Waals surface area contributed by atoms with Gasteiger partial charge < -0.3 is 14.8 Å². The fourth-order valence-corrected chi connectivity index (χ4v) is 5.01. The summed E-state index contributed by atoms with van der Waals surface area (Å²) in [7, 11) is 2.20. The van der Waals surface area contributed by atoms with Gasteiger partial charge in [-0.3, -0.25) is 9.59 Å². The molecule has 0 bridgehead atoms. The minimum atomic E-state index is -0.107. The number of aromatic nitrogens is 3. The van der Waals surface area contributed by atoms with Crippen LogP contribution in [0.15, 0.2) is 29.6 Å². The van der Waals surface area contributed by atoms with Crippen LogP contribution in [0.2, 0.25) is 0 Å². The van der Waals surface area contributed by atoms with Crippen molar-refractivity contribution in [1.82, 2.24) is 24.8 Å². The maximum absolute atomic E-state index is 13.3. The van der Waals surface area contributed by atoms with E-state index in [2.05, 4.69) is 27.2 Å². The smallest absolute Gasteiger partial charge is 0.253 e. The zero-order chi connectivity index (χ0) is 21.6. The molecule has 1 aliphatic carbocycles. The molecule has 3 heterocycles. The second kappa shape index (κ2) is 10.2. The van der Waals surface area contributed by atoms with Gasteiger partial charge in [0.05, 0.1) is 5.56 Å². The summed E-state index contributed by atoms with van der Waals surface area (Å²) in [5, 5.41) is 3.12. The number of rotatable bonds is 7. The van der Waals surface area contributed by atoms with Crippen LogP contribution in [0.4, 0.5) is 0 Å². The van der Waals surface area contributed by atoms with E-state index in [1.165, 1.54) is 38.4 Å². The lowest BCUT2D eigenvalue weighted by Gasteiger charge is -2.31. The van der Waals surface area contributed by atoms with E-state index in [0.29, 0.717) is 35.8 Å². The third-order valence-electron chi connectivity index (χ3n) is 6.73. The van der Waals surface area contributed by atoms with Gasteiger partial charge in [-0.15, -0.1) is 0 Å². The van der Waals surface area contributed by atoms with Gasteiger partial charge in [0, 0.05) is 54.4 Å². The molecule has 1 saturated carbocycles. The number of nitrogens with zero attached hydrogens (tertiary/aromatic N) is 4. The van der Waals surface area contributed by atoms with E-state index < -0.39 is 0 Å². The van der Waals surface area contributed by atoms with E-state index in [-0.39, 0.29) is 11.5 Å². The van der Waals surface area contributed by atoms with Crippen LogP contribution < -0.4 is 10.9 Å². The summed E-state index contributed by atoms with van der Waals surface area (Å²) in [5.74, 6) is -0.107. The molecule has 2 aromatic rings. The van der Waals surface area contributed by atoms with Crippen molar-refractivity contribution < 1.29 is 4.79 Å². The number of pyridine rings is 1. The van der Waals surface area contributed by atoms with Crippen molar-refractivity contribution in [3.05, 3.63) is 46.4 Å². The average molecular weight is 424 g/mol. The van der Waals surface area contributed by atoms with Crippen molar-refractivity contribution in [3.8, 4) is 11.1 Å². The molecule has 1 amide bonds. The van der Waals surface area contributed by atoms with Crippen LogP contribution in [0.5, 0.6) is 0 Å². The monoisotopic (exact) mass is 423 g/mol. The SMILES string of the molecule is CN(CCCNC(=O)c1c(-c2cncnc2)cc(=O)n2c1CCCC2)C1CCCCC1. The Hall–Kier alpha value is -2.54. The third kappa shape index (κ3) is 5.03. The Kier molecular flexibility index (Phi) is 7.12. The first-order valence-electron chi connectivity index (χ1n) is 11.7. The Labute approximate surface area is 183 Å². The maximum Gasteiger partial charge on any atom is 0.253 e. The molecule has 166 valence electrons. The number of hydrogen-bond donors (Lipinski definition) is 1. The molecule has 7 nitrogen and oxygen atoms in total. The van der Waals surface area contributed by atoms with Crippen molar-refractivity contribution in [1.29, 1.82) is 0 Å². The molecule has 0 saturated heterocycles. The number of amides is 1. The minimum Gasteiger partial charge on any atom is -0.352 e. The highest BCUT2D eigenvalue weighted by atomic mass is 16.2. The molecule has 4 rings (SSSR count). The Bertz CT molecular complexity index is 950. The van der Waals surface area contributed by atoms with Crippen molar-refractivity contribution in [2.45, 2.75) is 70.4 Å². The Morgan fingerprint density at radius 3 is 2.71 bits per heavy atom. The second-order valence-electron chi connectivity index (χ2n) is 8.84. The molecule has 1 N–H and O–H groups in total. The Balaban J connectivity index is 1.48. The van der Waals surface area contributed by atoms with Gasteiger partial charge in [0.15, 0.2) is 0 Å². The highest BCUT2D eigenvalue weighted by Gasteiger charge is 2.24. The van der Waals surface area contributed by atoms with Gasteiger partial charge in [-0.1, -0.05) is 19.3 Å². The highest BCUT2D eigenvalue weighted by molar-refractivity contribution is 6.01. The van der Waals surface area contributed by atoms with Crippen LogP contribution >= 0.6 is 0 Å². The van der Waals surface area contributed by atoms with Gasteiger partial charge in [-0.25, -0.2) is 9.97 Å². The second-order valence-corrected chi connectivity index (χ2v) is 8.84.